The summed E-state index contributed by atoms with van der Waals surface area (Å²) in [6.07, 6.45) is -0.0482. The van der Waals surface area contributed by atoms with Gasteiger partial charge in [-0.2, -0.15) is 0 Å². The fourth-order valence-electron chi connectivity index (χ4n) is 2.83. The zero-order valence-corrected chi connectivity index (χ0v) is 10.7. The van der Waals surface area contributed by atoms with Crippen LogP contribution in [0.4, 0.5) is 9.18 Å². The van der Waals surface area contributed by atoms with Gasteiger partial charge >= 0.3 is 6.09 Å². The molecule has 0 aromatic carbocycles. The Bertz CT molecular complexity index is 316. The van der Waals surface area contributed by atoms with Crippen molar-refractivity contribution in [1.82, 2.24) is 10.6 Å². The van der Waals surface area contributed by atoms with Gasteiger partial charge in [0.15, 0.2) is 0 Å². The highest BCUT2D eigenvalue weighted by Gasteiger charge is 2.53. The molecule has 98 valence electrons. The lowest BCUT2D eigenvalue weighted by molar-refractivity contribution is 0.0441. The van der Waals surface area contributed by atoms with E-state index in [4.69, 9.17) is 4.74 Å². The Morgan fingerprint density at radius 3 is 2.88 bits per heavy atom. The zero-order valence-electron chi connectivity index (χ0n) is 10.7. The van der Waals surface area contributed by atoms with Crippen LogP contribution in [-0.2, 0) is 4.74 Å². The van der Waals surface area contributed by atoms with Crippen molar-refractivity contribution in [2.75, 3.05) is 13.1 Å². The Labute approximate surface area is 101 Å². The van der Waals surface area contributed by atoms with Crippen molar-refractivity contribution in [2.45, 2.75) is 50.9 Å². The molecule has 1 unspecified atom stereocenters. The van der Waals surface area contributed by atoms with E-state index in [9.17, 15) is 9.18 Å². The van der Waals surface area contributed by atoms with Gasteiger partial charge in [0.25, 0.3) is 0 Å². The van der Waals surface area contributed by atoms with E-state index in [1.807, 2.05) is 20.8 Å². The average molecular weight is 244 g/mol. The second-order valence-electron chi connectivity index (χ2n) is 6.08. The van der Waals surface area contributed by atoms with Crippen LogP contribution in [0.15, 0.2) is 0 Å². The maximum absolute atomic E-state index is 13.7. The van der Waals surface area contributed by atoms with Crippen LogP contribution in [0.25, 0.3) is 0 Å². The number of ether oxygens (including phenoxy) is 1. The van der Waals surface area contributed by atoms with E-state index in [0.29, 0.717) is 25.9 Å². The average Bonchev–Trinajstić information content (AvgIpc) is 2.65. The van der Waals surface area contributed by atoms with Gasteiger partial charge in [-0.3, -0.25) is 0 Å². The molecule has 1 aliphatic heterocycles. The quantitative estimate of drug-likeness (QED) is 0.736. The number of alkyl carbamates (subject to hydrolysis) is 1. The lowest BCUT2D eigenvalue weighted by atomic mass is 9.90. The molecule has 5 heteroatoms. The van der Waals surface area contributed by atoms with Gasteiger partial charge in [-0.1, -0.05) is 0 Å². The molecular weight excluding hydrogens is 223 g/mol. The van der Waals surface area contributed by atoms with Crippen molar-refractivity contribution in [2.24, 2.45) is 5.92 Å². The number of fused-ring (bicyclic) bond motifs is 1. The minimum Gasteiger partial charge on any atom is -0.444 e. The molecule has 0 aromatic rings. The predicted molar refractivity (Wildman–Crippen MR) is 62.6 cm³/mol. The number of carbonyl (C=O) groups is 1. The molecule has 0 radical (unpaired) electrons. The summed E-state index contributed by atoms with van der Waals surface area (Å²) < 4.78 is 18.9. The first-order valence-electron chi connectivity index (χ1n) is 6.18. The summed E-state index contributed by atoms with van der Waals surface area (Å²) in [5.74, 6) is -0.116. The first-order valence-corrected chi connectivity index (χ1v) is 6.18. The molecule has 1 aliphatic carbocycles. The predicted octanol–water partition coefficient (Wildman–Crippen LogP) is 1.60. The van der Waals surface area contributed by atoms with Crippen molar-refractivity contribution in [3.8, 4) is 0 Å². The van der Waals surface area contributed by atoms with Gasteiger partial charge in [0, 0.05) is 19.0 Å². The van der Waals surface area contributed by atoms with E-state index in [1.165, 1.54) is 0 Å². The molecule has 1 amide bonds. The summed E-state index contributed by atoms with van der Waals surface area (Å²) in [6.45, 7) is 6.73. The molecule has 0 aromatic heterocycles. The zero-order chi connectivity index (χ0) is 12.7. The monoisotopic (exact) mass is 244 g/mol. The highest BCUT2D eigenvalue weighted by Crippen LogP contribution is 2.40. The third-order valence-electron chi connectivity index (χ3n) is 3.57. The first kappa shape index (κ1) is 12.6. The lowest BCUT2D eigenvalue weighted by Gasteiger charge is -2.31. The highest BCUT2D eigenvalue weighted by molar-refractivity contribution is 5.69. The Morgan fingerprint density at radius 1 is 1.53 bits per heavy atom. The van der Waals surface area contributed by atoms with E-state index in [1.54, 1.807) is 0 Å². The summed E-state index contributed by atoms with van der Waals surface area (Å²) in [5.41, 5.74) is -0.961. The highest BCUT2D eigenvalue weighted by atomic mass is 19.1. The fraction of sp³-hybridized carbons (Fsp3) is 0.917. The number of hydrogen-bond donors (Lipinski definition) is 2. The van der Waals surface area contributed by atoms with Crippen LogP contribution < -0.4 is 10.6 Å². The number of carbonyl (C=O) groups excluding carboxylic acids is 1. The van der Waals surface area contributed by atoms with Crippen molar-refractivity contribution in [3.63, 3.8) is 0 Å². The molecule has 0 bridgehead atoms. The molecular formula is C12H21FN2O2. The van der Waals surface area contributed by atoms with Crippen LogP contribution in [0.5, 0.6) is 0 Å². The molecule has 1 saturated carbocycles. The van der Waals surface area contributed by atoms with Crippen LogP contribution in [0.2, 0.25) is 0 Å². The fourth-order valence-corrected chi connectivity index (χ4v) is 2.83. The van der Waals surface area contributed by atoms with E-state index in [2.05, 4.69) is 10.6 Å². The number of nitrogens with one attached hydrogen (secondary N) is 2. The van der Waals surface area contributed by atoms with Gasteiger partial charge in [-0.05, 0) is 33.6 Å². The summed E-state index contributed by atoms with van der Waals surface area (Å²) in [7, 11) is 0. The molecule has 1 saturated heterocycles. The molecule has 2 rings (SSSR count). The second kappa shape index (κ2) is 4.12. The Balaban J connectivity index is 2.00. The van der Waals surface area contributed by atoms with Crippen molar-refractivity contribution >= 4 is 6.09 Å². The van der Waals surface area contributed by atoms with Crippen molar-refractivity contribution in [3.05, 3.63) is 0 Å². The molecule has 2 fully saturated rings. The maximum atomic E-state index is 13.7. The Hall–Kier alpha value is -0.840. The van der Waals surface area contributed by atoms with Crippen molar-refractivity contribution in [1.29, 1.82) is 0 Å². The largest absolute Gasteiger partial charge is 0.444 e. The SMILES string of the molecule is CC(C)(C)OC(=O)N[C@@]12CC[C@@H](F)C1CNC2. The van der Waals surface area contributed by atoms with Crippen LogP contribution in [0, 0.1) is 5.92 Å². The third-order valence-corrected chi connectivity index (χ3v) is 3.57. The number of hydrogen-bond acceptors (Lipinski definition) is 3. The number of amides is 1. The topological polar surface area (TPSA) is 50.4 Å². The molecule has 2 N–H and O–H groups in total. The summed E-state index contributed by atoms with van der Waals surface area (Å²) in [6, 6.07) is 0. The molecule has 17 heavy (non-hydrogen) atoms. The number of alkyl halides is 1. The van der Waals surface area contributed by atoms with Crippen molar-refractivity contribution < 1.29 is 13.9 Å². The van der Waals surface area contributed by atoms with Gasteiger partial charge in [-0.15, -0.1) is 0 Å². The van der Waals surface area contributed by atoms with Crippen LogP contribution >= 0.6 is 0 Å². The molecule has 4 nitrogen and oxygen atoms in total. The smallest absolute Gasteiger partial charge is 0.408 e. The summed E-state index contributed by atoms with van der Waals surface area (Å²) in [4.78, 5) is 11.8. The van der Waals surface area contributed by atoms with Gasteiger partial charge in [0.1, 0.15) is 11.8 Å². The van der Waals surface area contributed by atoms with E-state index in [-0.39, 0.29) is 5.92 Å². The Morgan fingerprint density at radius 2 is 2.24 bits per heavy atom. The number of halogens is 1. The maximum Gasteiger partial charge on any atom is 0.408 e. The first-order chi connectivity index (χ1) is 7.82. The summed E-state index contributed by atoms with van der Waals surface area (Å²) in [5, 5.41) is 6.03. The van der Waals surface area contributed by atoms with E-state index >= 15 is 0 Å². The minimum absolute atomic E-state index is 0.116. The van der Waals surface area contributed by atoms with Crippen LogP contribution in [0.3, 0.4) is 0 Å². The lowest BCUT2D eigenvalue weighted by Crippen LogP contribution is -2.53. The van der Waals surface area contributed by atoms with E-state index in [0.717, 1.165) is 0 Å². The Kier molecular flexibility index (Phi) is 3.06. The van der Waals surface area contributed by atoms with Crippen LogP contribution in [0.1, 0.15) is 33.6 Å². The minimum atomic E-state index is -0.820. The molecule has 1 heterocycles. The van der Waals surface area contributed by atoms with Crippen LogP contribution in [-0.4, -0.2) is 36.5 Å². The third kappa shape index (κ3) is 2.54. The number of rotatable bonds is 1. The van der Waals surface area contributed by atoms with E-state index < -0.39 is 23.4 Å². The van der Waals surface area contributed by atoms with Gasteiger partial charge in [0.2, 0.25) is 0 Å². The summed E-state index contributed by atoms with van der Waals surface area (Å²) >= 11 is 0. The second-order valence-corrected chi connectivity index (χ2v) is 6.08. The van der Waals surface area contributed by atoms with Gasteiger partial charge in [0.05, 0.1) is 5.54 Å². The van der Waals surface area contributed by atoms with Gasteiger partial charge < -0.3 is 15.4 Å². The molecule has 2 aliphatic rings. The molecule has 0 spiro atoms. The standard InChI is InChI=1S/C12H21FN2O2/c1-11(2,3)17-10(16)15-12-5-4-9(13)8(12)6-14-7-12/h8-9,14H,4-7H2,1-3H3,(H,15,16)/t8?,9-,12-/m1/s1. The molecule has 3 atom stereocenters. The van der Waals surface area contributed by atoms with Gasteiger partial charge in [-0.25, -0.2) is 9.18 Å². The normalized spacial score (nSPS) is 36.7.